The van der Waals surface area contributed by atoms with Gasteiger partial charge in [0, 0.05) is 10.8 Å². The maximum atomic E-state index is 12.7. The molecule has 0 saturated heterocycles. The van der Waals surface area contributed by atoms with Crippen molar-refractivity contribution in [3.63, 3.8) is 0 Å². The molecule has 3 heterocycles. The van der Waals surface area contributed by atoms with E-state index in [1.807, 2.05) is 60.7 Å². The van der Waals surface area contributed by atoms with Crippen molar-refractivity contribution >= 4 is 45.3 Å². The third-order valence-electron chi connectivity index (χ3n) is 4.89. The van der Waals surface area contributed by atoms with Crippen LogP contribution in [0.2, 0.25) is 0 Å². The molecule has 2 N–H and O–H groups in total. The van der Waals surface area contributed by atoms with Gasteiger partial charge in [-0.1, -0.05) is 42.5 Å². The number of aromatic nitrogens is 3. The Morgan fingerprint density at radius 3 is 1.47 bits per heavy atom. The minimum absolute atomic E-state index is 0.110. The normalized spacial score (nSPS) is 10.8. The number of pyridine rings is 3. The lowest BCUT2D eigenvalue weighted by molar-refractivity contribution is 0.101. The number of carbonyl (C=O) groups is 2. The summed E-state index contributed by atoms with van der Waals surface area (Å²) in [7, 11) is 0. The zero-order valence-electron chi connectivity index (χ0n) is 16.8. The lowest BCUT2D eigenvalue weighted by atomic mass is 10.2. The molecule has 7 nitrogen and oxygen atoms in total. The molecule has 0 saturated carbocycles. The van der Waals surface area contributed by atoms with E-state index >= 15 is 0 Å². The Kier molecular flexibility index (Phi) is 4.97. The van der Waals surface area contributed by atoms with Crippen LogP contribution in [0.15, 0.2) is 91.0 Å². The molecule has 154 valence electrons. The van der Waals surface area contributed by atoms with Gasteiger partial charge in [-0.3, -0.25) is 9.59 Å². The first-order chi connectivity index (χ1) is 15.7. The summed E-state index contributed by atoms with van der Waals surface area (Å²) in [6, 6.07) is 27.2. The SMILES string of the molecule is O=C(Nc1ccc2ccccc2n1)c1cccc(C(=O)Nc2ccc3ccccc3n2)n1. The molecule has 32 heavy (non-hydrogen) atoms. The Hall–Kier alpha value is -4.65. The number of carbonyl (C=O) groups excluding carboxylic acids is 2. The summed E-state index contributed by atoms with van der Waals surface area (Å²) >= 11 is 0. The topological polar surface area (TPSA) is 96.9 Å². The summed E-state index contributed by atoms with van der Waals surface area (Å²) < 4.78 is 0. The van der Waals surface area contributed by atoms with E-state index in [2.05, 4.69) is 25.6 Å². The summed E-state index contributed by atoms with van der Waals surface area (Å²) in [6.07, 6.45) is 0. The van der Waals surface area contributed by atoms with Crippen molar-refractivity contribution in [2.45, 2.75) is 0 Å². The highest BCUT2D eigenvalue weighted by molar-refractivity contribution is 6.06. The summed E-state index contributed by atoms with van der Waals surface area (Å²) in [4.78, 5) is 38.4. The average molecular weight is 419 g/mol. The summed E-state index contributed by atoms with van der Waals surface area (Å²) in [5, 5.41) is 7.41. The smallest absolute Gasteiger partial charge is 0.275 e. The van der Waals surface area contributed by atoms with Crippen molar-refractivity contribution in [3.05, 3.63) is 102 Å². The molecule has 0 aliphatic heterocycles. The maximum absolute atomic E-state index is 12.7. The van der Waals surface area contributed by atoms with Gasteiger partial charge in [0.1, 0.15) is 23.0 Å². The number of benzene rings is 2. The van der Waals surface area contributed by atoms with Gasteiger partial charge in [-0.2, -0.15) is 0 Å². The zero-order chi connectivity index (χ0) is 21.9. The van der Waals surface area contributed by atoms with Gasteiger partial charge in [-0.05, 0) is 48.5 Å². The lowest BCUT2D eigenvalue weighted by Crippen LogP contribution is -2.19. The van der Waals surface area contributed by atoms with E-state index < -0.39 is 11.8 Å². The number of amides is 2. The fraction of sp³-hybridized carbons (Fsp3) is 0. The van der Waals surface area contributed by atoms with Crippen molar-refractivity contribution in [1.29, 1.82) is 0 Å². The minimum Gasteiger partial charge on any atom is -0.305 e. The predicted octanol–water partition coefficient (Wildman–Crippen LogP) is 4.68. The molecule has 0 aliphatic carbocycles. The van der Waals surface area contributed by atoms with Crippen LogP contribution in [0.5, 0.6) is 0 Å². The molecular weight excluding hydrogens is 402 g/mol. The summed E-state index contributed by atoms with van der Waals surface area (Å²) in [6.45, 7) is 0. The summed E-state index contributed by atoms with van der Waals surface area (Å²) in [5.74, 6) is -0.0889. The highest BCUT2D eigenvalue weighted by Gasteiger charge is 2.14. The molecule has 0 bridgehead atoms. The van der Waals surface area contributed by atoms with E-state index in [-0.39, 0.29) is 11.4 Å². The fourth-order valence-electron chi connectivity index (χ4n) is 3.32. The van der Waals surface area contributed by atoms with Crippen molar-refractivity contribution in [2.75, 3.05) is 10.6 Å². The van der Waals surface area contributed by atoms with Gasteiger partial charge in [-0.15, -0.1) is 0 Å². The Balaban J connectivity index is 1.33. The maximum Gasteiger partial charge on any atom is 0.275 e. The van der Waals surface area contributed by atoms with Crippen molar-refractivity contribution in [3.8, 4) is 0 Å². The molecule has 0 atom stereocenters. The van der Waals surface area contributed by atoms with Gasteiger partial charge < -0.3 is 10.6 Å². The molecule has 0 aliphatic rings. The summed E-state index contributed by atoms with van der Waals surface area (Å²) in [5.41, 5.74) is 1.77. The number of hydrogen-bond donors (Lipinski definition) is 2. The third-order valence-corrected chi connectivity index (χ3v) is 4.89. The Labute approximate surface area is 183 Å². The van der Waals surface area contributed by atoms with Crippen LogP contribution in [-0.4, -0.2) is 26.8 Å². The van der Waals surface area contributed by atoms with Gasteiger partial charge in [0.15, 0.2) is 0 Å². The molecule has 0 unspecified atom stereocenters. The van der Waals surface area contributed by atoms with Crippen LogP contribution >= 0.6 is 0 Å². The molecule has 0 radical (unpaired) electrons. The molecular formula is C25H17N5O2. The van der Waals surface area contributed by atoms with E-state index in [0.717, 1.165) is 21.8 Å². The second-order valence-electron chi connectivity index (χ2n) is 7.09. The Morgan fingerprint density at radius 1 is 0.500 bits per heavy atom. The molecule has 3 aromatic heterocycles. The van der Waals surface area contributed by atoms with E-state index in [9.17, 15) is 9.59 Å². The molecule has 0 spiro atoms. The second kappa shape index (κ2) is 8.23. The Bertz CT molecular complexity index is 1370. The fourth-order valence-corrected chi connectivity index (χ4v) is 3.32. The van der Waals surface area contributed by atoms with Crippen LogP contribution in [0.1, 0.15) is 21.0 Å². The van der Waals surface area contributed by atoms with Crippen molar-refractivity contribution in [1.82, 2.24) is 15.0 Å². The van der Waals surface area contributed by atoms with Crippen LogP contribution in [0.3, 0.4) is 0 Å². The van der Waals surface area contributed by atoms with Gasteiger partial charge in [0.2, 0.25) is 0 Å². The number of anilines is 2. The van der Waals surface area contributed by atoms with Crippen LogP contribution in [0.4, 0.5) is 11.6 Å². The van der Waals surface area contributed by atoms with Crippen molar-refractivity contribution < 1.29 is 9.59 Å². The molecule has 5 aromatic rings. The highest BCUT2D eigenvalue weighted by atomic mass is 16.2. The molecule has 5 rings (SSSR count). The number of nitrogens with one attached hydrogen (secondary N) is 2. The zero-order valence-corrected chi connectivity index (χ0v) is 16.8. The van der Waals surface area contributed by atoms with Crippen LogP contribution in [0.25, 0.3) is 21.8 Å². The standard InChI is InChI=1S/C25H17N5O2/c31-24(29-22-14-12-16-6-1-3-8-18(16)27-22)20-10-5-11-21(26-20)25(32)30-23-15-13-17-7-2-4-9-19(17)28-23/h1-15H,(H,27,29,31)(H,28,30,32). The number of hydrogen-bond acceptors (Lipinski definition) is 5. The minimum atomic E-state index is -0.453. The van der Waals surface area contributed by atoms with E-state index in [4.69, 9.17) is 0 Å². The Morgan fingerprint density at radius 2 is 0.969 bits per heavy atom. The lowest BCUT2D eigenvalue weighted by Gasteiger charge is -2.08. The third kappa shape index (κ3) is 3.99. The quantitative estimate of drug-likeness (QED) is 0.441. The van der Waals surface area contributed by atoms with Crippen molar-refractivity contribution in [2.24, 2.45) is 0 Å². The van der Waals surface area contributed by atoms with E-state index in [1.54, 1.807) is 30.3 Å². The largest absolute Gasteiger partial charge is 0.305 e. The number of para-hydroxylation sites is 2. The van der Waals surface area contributed by atoms with Gasteiger partial charge in [0.05, 0.1) is 11.0 Å². The number of fused-ring (bicyclic) bond motifs is 2. The average Bonchev–Trinajstić information content (AvgIpc) is 2.84. The molecule has 2 aromatic carbocycles. The second-order valence-corrected chi connectivity index (χ2v) is 7.09. The first-order valence-corrected chi connectivity index (χ1v) is 9.97. The molecule has 7 heteroatoms. The molecule has 2 amide bonds. The molecule has 0 fully saturated rings. The van der Waals surface area contributed by atoms with Crippen LogP contribution in [-0.2, 0) is 0 Å². The first-order valence-electron chi connectivity index (χ1n) is 9.97. The van der Waals surface area contributed by atoms with Crippen LogP contribution in [0, 0.1) is 0 Å². The first kappa shape index (κ1) is 19.3. The van der Waals surface area contributed by atoms with Gasteiger partial charge in [0.25, 0.3) is 11.8 Å². The highest BCUT2D eigenvalue weighted by Crippen LogP contribution is 2.16. The van der Waals surface area contributed by atoms with Gasteiger partial charge in [-0.25, -0.2) is 15.0 Å². The van der Waals surface area contributed by atoms with Crippen LogP contribution < -0.4 is 10.6 Å². The predicted molar refractivity (Wildman–Crippen MR) is 124 cm³/mol. The van der Waals surface area contributed by atoms with E-state index in [0.29, 0.717) is 11.6 Å². The number of nitrogens with zero attached hydrogens (tertiary/aromatic N) is 3. The monoisotopic (exact) mass is 419 g/mol. The van der Waals surface area contributed by atoms with Gasteiger partial charge >= 0.3 is 0 Å². The van der Waals surface area contributed by atoms with E-state index in [1.165, 1.54) is 0 Å². The number of rotatable bonds is 4.